The molecule has 2 rings (SSSR count). The quantitative estimate of drug-likeness (QED) is 0.813. The number of aromatic nitrogens is 1. The van der Waals surface area contributed by atoms with Crippen molar-refractivity contribution in [3.63, 3.8) is 0 Å². The van der Waals surface area contributed by atoms with Gasteiger partial charge in [0.1, 0.15) is 0 Å². The van der Waals surface area contributed by atoms with Crippen molar-refractivity contribution in [3.8, 4) is 0 Å². The molecule has 1 aromatic carbocycles. The van der Waals surface area contributed by atoms with Gasteiger partial charge in [0.05, 0.1) is 5.69 Å². The van der Waals surface area contributed by atoms with Crippen LogP contribution >= 0.6 is 0 Å². The van der Waals surface area contributed by atoms with Gasteiger partial charge in [-0.2, -0.15) is 0 Å². The lowest BCUT2D eigenvalue weighted by Crippen LogP contribution is -2.11. The van der Waals surface area contributed by atoms with E-state index in [4.69, 9.17) is 0 Å². The van der Waals surface area contributed by atoms with Gasteiger partial charge in [-0.1, -0.05) is 42.5 Å². The van der Waals surface area contributed by atoms with Crippen LogP contribution in [0.1, 0.15) is 11.3 Å². The monoisotopic (exact) mass is 238 g/mol. The summed E-state index contributed by atoms with van der Waals surface area (Å²) in [6.07, 6.45) is 4.06. The summed E-state index contributed by atoms with van der Waals surface area (Å²) in [5, 5.41) is 0. The van der Waals surface area contributed by atoms with Crippen LogP contribution in [0.4, 0.5) is 0 Å². The lowest BCUT2D eigenvalue weighted by molar-refractivity contribution is 0.457. The average Bonchev–Trinajstić information content (AvgIpc) is 2.41. The van der Waals surface area contributed by atoms with Crippen molar-refractivity contribution in [1.29, 1.82) is 0 Å². The van der Waals surface area contributed by atoms with E-state index < -0.39 is 0 Å². The molecular weight excluding hydrogens is 220 g/mol. The van der Waals surface area contributed by atoms with Gasteiger partial charge >= 0.3 is 0 Å². The van der Waals surface area contributed by atoms with Crippen LogP contribution in [0.5, 0.6) is 0 Å². The summed E-state index contributed by atoms with van der Waals surface area (Å²) < 4.78 is 0. The maximum absolute atomic E-state index is 4.45. The van der Waals surface area contributed by atoms with E-state index in [2.05, 4.69) is 60.4 Å². The van der Waals surface area contributed by atoms with Gasteiger partial charge in [-0.15, -0.1) is 0 Å². The molecule has 1 heterocycles. The van der Waals surface area contributed by atoms with Gasteiger partial charge in [-0.3, -0.25) is 4.98 Å². The van der Waals surface area contributed by atoms with Crippen LogP contribution < -0.4 is 0 Å². The minimum absolute atomic E-state index is 0.904. The topological polar surface area (TPSA) is 16.1 Å². The van der Waals surface area contributed by atoms with Gasteiger partial charge in [-0.25, -0.2) is 0 Å². The zero-order valence-electron chi connectivity index (χ0n) is 10.9. The smallest absolute Gasteiger partial charge is 0.0705 e. The van der Waals surface area contributed by atoms with Crippen LogP contribution in [0, 0.1) is 0 Å². The minimum Gasteiger partial charge on any atom is -0.306 e. The second kappa shape index (κ2) is 6.12. The predicted molar refractivity (Wildman–Crippen MR) is 76.3 cm³/mol. The number of hydrogen-bond acceptors (Lipinski definition) is 2. The zero-order valence-corrected chi connectivity index (χ0v) is 10.9. The number of likely N-dealkylation sites (N-methyl/N-ethyl adjacent to an activating group) is 1. The summed E-state index contributed by atoms with van der Waals surface area (Å²) in [4.78, 5) is 6.59. The van der Waals surface area contributed by atoms with Crippen LogP contribution in [0.15, 0.2) is 60.8 Å². The van der Waals surface area contributed by atoms with E-state index in [1.807, 2.05) is 24.4 Å². The molecule has 2 aromatic rings. The van der Waals surface area contributed by atoms with Crippen molar-refractivity contribution in [3.05, 3.63) is 72.1 Å². The third kappa shape index (κ3) is 3.28. The molecule has 0 N–H and O–H groups in total. The molecule has 0 fully saturated rings. The molecule has 0 aliphatic carbocycles. The summed E-state index contributed by atoms with van der Waals surface area (Å²) in [5.74, 6) is 0. The fourth-order valence-corrected chi connectivity index (χ4v) is 1.78. The van der Waals surface area contributed by atoms with Gasteiger partial charge < -0.3 is 4.90 Å². The summed E-state index contributed by atoms with van der Waals surface area (Å²) in [6.45, 7) is 0.904. The number of hydrogen-bond donors (Lipinski definition) is 0. The lowest BCUT2D eigenvalue weighted by Gasteiger charge is -2.10. The van der Waals surface area contributed by atoms with Crippen molar-refractivity contribution in [2.24, 2.45) is 0 Å². The molecule has 18 heavy (non-hydrogen) atoms. The Morgan fingerprint density at radius 2 is 1.78 bits per heavy atom. The molecule has 0 spiro atoms. The molecule has 0 unspecified atom stereocenters. The molecule has 0 saturated heterocycles. The Labute approximate surface area is 109 Å². The number of pyridine rings is 1. The fraction of sp³-hybridized carbons (Fsp3) is 0.188. The molecule has 0 aliphatic rings. The Morgan fingerprint density at radius 3 is 2.39 bits per heavy atom. The molecule has 2 heteroatoms. The van der Waals surface area contributed by atoms with Crippen LogP contribution in [0.2, 0.25) is 0 Å². The maximum atomic E-state index is 4.45. The van der Waals surface area contributed by atoms with Crippen LogP contribution in [0.3, 0.4) is 0 Å². The molecule has 92 valence electrons. The number of nitrogens with zero attached hydrogens (tertiary/aromatic N) is 2. The van der Waals surface area contributed by atoms with Gasteiger partial charge in [0, 0.05) is 18.3 Å². The van der Waals surface area contributed by atoms with E-state index in [0.717, 1.165) is 12.2 Å². The molecule has 1 aromatic heterocycles. The standard InChI is InChI=1S/C16H18N2/c1-18(2)13-11-15(14-8-4-3-5-9-14)16-10-6-7-12-17-16/h3-12H,13H2,1-2H3. The Bertz CT molecular complexity index is 460. The minimum atomic E-state index is 0.904. The normalized spacial score (nSPS) is 11.8. The summed E-state index contributed by atoms with van der Waals surface area (Å²) >= 11 is 0. The average molecular weight is 238 g/mol. The summed E-state index contributed by atoms with van der Waals surface area (Å²) in [7, 11) is 4.13. The first-order valence-corrected chi connectivity index (χ1v) is 6.09. The van der Waals surface area contributed by atoms with Gasteiger partial charge in [0.25, 0.3) is 0 Å². The van der Waals surface area contributed by atoms with Crippen molar-refractivity contribution in [2.45, 2.75) is 0 Å². The molecule has 0 amide bonds. The van der Waals surface area contributed by atoms with E-state index in [1.165, 1.54) is 11.1 Å². The molecule has 0 radical (unpaired) electrons. The second-order valence-corrected chi connectivity index (χ2v) is 4.46. The molecule has 0 aliphatic heterocycles. The molecular formula is C16H18N2. The Balaban J connectivity index is 2.39. The van der Waals surface area contributed by atoms with Crippen LogP contribution in [-0.4, -0.2) is 30.5 Å². The summed E-state index contributed by atoms with van der Waals surface area (Å²) in [5.41, 5.74) is 3.41. The van der Waals surface area contributed by atoms with E-state index in [9.17, 15) is 0 Å². The highest BCUT2D eigenvalue weighted by Gasteiger charge is 2.05. The second-order valence-electron chi connectivity index (χ2n) is 4.46. The molecule has 0 bridgehead atoms. The fourth-order valence-electron chi connectivity index (χ4n) is 1.78. The van der Waals surface area contributed by atoms with Crippen molar-refractivity contribution in [1.82, 2.24) is 9.88 Å². The van der Waals surface area contributed by atoms with Crippen molar-refractivity contribution < 1.29 is 0 Å². The predicted octanol–water partition coefficient (Wildman–Crippen LogP) is 3.07. The number of benzene rings is 1. The van der Waals surface area contributed by atoms with E-state index >= 15 is 0 Å². The van der Waals surface area contributed by atoms with E-state index in [1.54, 1.807) is 0 Å². The van der Waals surface area contributed by atoms with Crippen LogP contribution in [-0.2, 0) is 0 Å². The maximum Gasteiger partial charge on any atom is 0.0705 e. The highest BCUT2D eigenvalue weighted by molar-refractivity contribution is 5.77. The first kappa shape index (κ1) is 12.5. The molecule has 0 saturated carbocycles. The highest BCUT2D eigenvalue weighted by atomic mass is 15.0. The zero-order chi connectivity index (χ0) is 12.8. The third-order valence-electron chi connectivity index (χ3n) is 2.69. The molecule has 0 atom stereocenters. The SMILES string of the molecule is CN(C)CC=C(c1ccccc1)c1ccccn1. The first-order valence-electron chi connectivity index (χ1n) is 6.09. The van der Waals surface area contributed by atoms with Gasteiger partial charge in [0.15, 0.2) is 0 Å². The van der Waals surface area contributed by atoms with Crippen molar-refractivity contribution in [2.75, 3.05) is 20.6 Å². The Hall–Kier alpha value is -1.93. The van der Waals surface area contributed by atoms with E-state index in [0.29, 0.717) is 0 Å². The third-order valence-corrected chi connectivity index (χ3v) is 2.69. The van der Waals surface area contributed by atoms with Crippen LogP contribution in [0.25, 0.3) is 5.57 Å². The largest absolute Gasteiger partial charge is 0.306 e. The lowest BCUT2D eigenvalue weighted by atomic mass is 10.0. The summed E-state index contributed by atoms with van der Waals surface area (Å²) in [6, 6.07) is 16.4. The highest BCUT2D eigenvalue weighted by Crippen LogP contribution is 2.21. The van der Waals surface area contributed by atoms with Crippen molar-refractivity contribution >= 4 is 5.57 Å². The van der Waals surface area contributed by atoms with Gasteiger partial charge in [-0.05, 0) is 31.8 Å². The van der Waals surface area contributed by atoms with Gasteiger partial charge in [0.2, 0.25) is 0 Å². The first-order chi connectivity index (χ1) is 8.77. The Morgan fingerprint density at radius 1 is 1.06 bits per heavy atom. The number of rotatable bonds is 4. The van der Waals surface area contributed by atoms with E-state index in [-0.39, 0.29) is 0 Å². The molecule has 2 nitrogen and oxygen atoms in total. The Kier molecular flexibility index (Phi) is 4.26.